The van der Waals surface area contributed by atoms with Crippen molar-refractivity contribution in [1.29, 1.82) is 0 Å². The Kier molecular flexibility index (Phi) is 7.84. The van der Waals surface area contributed by atoms with E-state index in [1.165, 1.54) is 11.1 Å². The van der Waals surface area contributed by atoms with Gasteiger partial charge in [-0.05, 0) is 42.5 Å². The monoisotopic (exact) mass is 349 g/mol. The number of phenols is 1. The predicted octanol–water partition coefficient (Wildman–Crippen LogP) is 1.49. The molecule has 1 aliphatic rings. The third-order valence-electron chi connectivity index (χ3n) is 3.66. The van der Waals surface area contributed by atoms with Crippen LogP contribution in [0, 0.1) is 0 Å². The number of ether oxygens (including phenoxy) is 1. The Labute approximate surface area is 146 Å². The molecule has 0 saturated heterocycles. The van der Waals surface area contributed by atoms with E-state index in [0.717, 1.165) is 31.4 Å². The molecule has 0 radical (unpaired) electrons. The zero-order chi connectivity index (χ0) is 19.0. The molecule has 7 nitrogen and oxygen atoms in total. The van der Waals surface area contributed by atoms with E-state index >= 15 is 0 Å². The molecule has 0 heterocycles. The fourth-order valence-electron chi connectivity index (χ4n) is 2.36. The molecule has 0 aromatic heterocycles. The first-order valence-corrected chi connectivity index (χ1v) is 7.71. The Hall–Kier alpha value is -2.64. The van der Waals surface area contributed by atoms with E-state index in [1.807, 2.05) is 12.1 Å². The second-order valence-corrected chi connectivity index (χ2v) is 5.58. The molecule has 0 bridgehead atoms. The Balaban J connectivity index is 0.000000250. The Morgan fingerprint density at radius 1 is 1.16 bits per heavy atom. The molecule has 25 heavy (non-hydrogen) atoms. The normalized spacial score (nSPS) is 17.9. The van der Waals surface area contributed by atoms with Gasteiger partial charge in [0, 0.05) is 6.04 Å². The van der Waals surface area contributed by atoms with Gasteiger partial charge >= 0.3 is 11.9 Å². The van der Waals surface area contributed by atoms with Crippen molar-refractivity contribution >= 4 is 11.9 Å². The van der Waals surface area contributed by atoms with Gasteiger partial charge < -0.3 is 25.8 Å². The number of rotatable bonds is 6. The highest BCUT2D eigenvalue weighted by Crippen LogP contribution is 2.23. The molecule has 0 aliphatic heterocycles. The van der Waals surface area contributed by atoms with Gasteiger partial charge in [0.15, 0.2) is 12.2 Å². The van der Waals surface area contributed by atoms with Crippen LogP contribution in [0.25, 0.3) is 0 Å². The molecule has 1 aromatic carbocycles. The summed E-state index contributed by atoms with van der Waals surface area (Å²) in [6.45, 7) is 6.39. The van der Waals surface area contributed by atoms with Crippen LogP contribution in [0.3, 0.4) is 0 Å². The fraction of sp³-hybridized carbons (Fsp3) is 0.333. The van der Waals surface area contributed by atoms with Crippen LogP contribution < -0.4 is 5.73 Å². The van der Waals surface area contributed by atoms with Gasteiger partial charge in [-0.15, -0.1) is 0 Å². The lowest BCUT2D eigenvalue weighted by molar-refractivity contribution is -0.158. The molecule has 5 N–H and O–H groups in total. The maximum absolute atomic E-state index is 10.4. The van der Waals surface area contributed by atoms with Crippen LogP contribution in [0.1, 0.15) is 17.5 Å². The van der Waals surface area contributed by atoms with E-state index in [9.17, 15) is 14.7 Å². The van der Waals surface area contributed by atoms with Crippen molar-refractivity contribution in [3.8, 4) is 5.75 Å². The Morgan fingerprint density at radius 2 is 1.72 bits per heavy atom. The minimum absolute atomic E-state index is 0.277. The number of carboxylic acid groups (broad SMARTS) is 2. The minimum atomic E-state index is -1.33. The van der Waals surface area contributed by atoms with Crippen molar-refractivity contribution in [2.24, 2.45) is 5.73 Å². The second-order valence-electron chi connectivity index (χ2n) is 5.58. The molecule has 0 fully saturated rings. The molecule has 7 heteroatoms. The van der Waals surface area contributed by atoms with Crippen LogP contribution in [0.2, 0.25) is 0 Å². The van der Waals surface area contributed by atoms with Crippen LogP contribution in [-0.4, -0.2) is 45.5 Å². The van der Waals surface area contributed by atoms with Crippen molar-refractivity contribution in [3.05, 3.63) is 54.6 Å². The number of hydrogen-bond donors (Lipinski definition) is 4. The molecule has 136 valence electrons. The average Bonchev–Trinajstić information content (AvgIpc) is 2.55. The number of carbonyl (C=O) groups is 2. The van der Waals surface area contributed by atoms with E-state index in [-0.39, 0.29) is 6.04 Å². The van der Waals surface area contributed by atoms with Crippen molar-refractivity contribution in [2.75, 3.05) is 0 Å². The summed E-state index contributed by atoms with van der Waals surface area (Å²) in [4.78, 5) is 20.8. The second kappa shape index (κ2) is 9.61. The first kappa shape index (κ1) is 20.4. The summed E-state index contributed by atoms with van der Waals surface area (Å²) in [6.07, 6.45) is 2.36. The molecule has 2 rings (SSSR count). The summed E-state index contributed by atoms with van der Waals surface area (Å²) in [6, 6.07) is 5.85. The quantitative estimate of drug-likeness (QED) is 0.572. The maximum Gasteiger partial charge on any atom is 0.336 e. The van der Waals surface area contributed by atoms with Gasteiger partial charge in [0.1, 0.15) is 5.75 Å². The number of fused-ring (bicyclic) bond motifs is 1. The summed E-state index contributed by atoms with van der Waals surface area (Å²) in [7, 11) is 0. The number of hydrogen-bond acceptors (Lipinski definition) is 5. The fourth-order valence-corrected chi connectivity index (χ4v) is 2.36. The molecule has 3 atom stereocenters. The lowest BCUT2D eigenvalue weighted by Gasteiger charge is -2.21. The standard InChI is InChI=1S/C10H13NO.C8H10O5/c11-9-3-1-7-2-4-10(12)6-8(7)5-9;1-3-5(7(9)10)13-6(4-2)8(11)12/h2,4,6,9,12H,1,3,5,11H2;3-6H,1-2H2,(H,9,10)(H,11,12). The van der Waals surface area contributed by atoms with Crippen LogP contribution in [-0.2, 0) is 27.2 Å². The Bertz CT molecular complexity index is 618. The van der Waals surface area contributed by atoms with Gasteiger partial charge in [0.25, 0.3) is 0 Å². The molecule has 1 aliphatic carbocycles. The number of aryl methyl sites for hydroxylation is 1. The van der Waals surface area contributed by atoms with Crippen LogP contribution >= 0.6 is 0 Å². The third-order valence-corrected chi connectivity index (χ3v) is 3.66. The van der Waals surface area contributed by atoms with E-state index in [1.54, 1.807) is 6.07 Å². The van der Waals surface area contributed by atoms with Crippen molar-refractivity contribution in [3.63, 3.8) is 0 Å². The highest BCUT2D eigenvalue weighted by molar-refractivity contribution is 5.77. The number of carboxylic acids is 2. The molecule has 1 aromatic rings. The lowest BCUT2D eigenvalue weighted by Crippen LogP contribution is -2.31. The van der Waals surface area contributed by atoms with E-state index in [0.29, 0.717) is 5.75 Å². The Morgan fingerprint density at radius 3 is 2.20 bits per heavy atom. The van der Waals surface area contributed by atoms with Gasteiger partial charge in [-0.2, -0.15) is 0 Å². The summed E-state index contributed by atoms with van der Waals surface area (Å²) < 4.78 is 4.64. The van der Waals surface area contributed by atoms with E-state index in [2.05, 4.69) is 17.9 Å². The molecule has 0 spiro atoms. The first-order valence-electron chi connectivity index (χ1n) is 7.71. The van der Waals surface area contributed by atoms with E-state index in [4.69, 9.17) is 15.9 Å². The predicted molar refractivity (Wildman–Crippen MR) is 92.4 cm³/mol. The number of nitrogens with two attached hydrogens (primary N) is 1. The largest absolute Gasteiger partial charge is 0.508 e. The summed E-state index contributed by atoms with van der Waals surface area (Å²) in [5.74, 6) is -2.23. The van der Waals surface area contributed by atoms with Crippen molar-refractivity contribution in [2.45, 2.75) is 37.5 Å². The molecule has 0 amide bonds. The summed E-state index contributed by atoms with van der Waals surface area (Å²) in [5.41, 5.74) is 8.38. The molecule has 0 saturated carbocycles. The third kappa shape index (κ3) is 6.40. The SMILES string of the molecule is C=CC(OC(C=C)C(=O)O)C(=O)O.NC1CCc2ccc(O)cc2C1. The highest BCUT2D eigenvalue weighted by atomic mass is 16.5. The van der Waals surface area contributed by atoms with Gasteiger partial charge in [-0.3, -0.25) is 0 Å². The zero-order valence-electron chi connectivity index (χ0n) is 13.8. The number of aromatic hydroxyl groups is 1. The van der Waals surface area contributed by atoms with Crippen molar-refractivity contribution < 1.29 is 29.6 Å². The summed E-state index contributed by atoms with van der Waals surface area (Å²) >= 11 is 0. The molecular formula is C18H23NO6. The average molecular weight is 349 g/mol. The first-order chi connectivity index (χ1) is 11.8. The van der Waals surface area contributed by atoms with Gasteiger partial charge in [-0.25, -0.2) is 9.59 Å². The molecule has 3 unspecified atom stereocenters. The molecular weight excluding hydrogens is 326 g/mol. The topological polar surface area (TPSA) is 130 Å². The number of aliphatic carboxylic acids is 2. The van der Waals surface area contributed by atoms with Crippen molar-refractivity contribution in [1.82, 2.24) is 0 Å². The smallest absolute Gasteiger partial charge is 0.336 e. The van der Waals surface area contributed by atoms with Crippen LogP contribution in [0.15, 0.2) is 43.5 Å². The zero-order valence-corrected chi connectivity index (χ0v) is 13.8. The van der Waals surface area contributed by atoms with Crippen LogP contribution in [0.5, 0.6) is 5.75 Å². The van der Waals surface area contributed by atoms with Crippen LogP contribution in [0.4, 0.5) is 0 Å². The summed E-state index contributed by atoms with van der Waals surface area (Å²) in [5, 5.41) is 26.2. The van der Waals surface area contributed by atoms with Gasteiger partial charge in [-0.1, -0.05) is 31.4 Å². The highest BCUT2D eigenvalue weighted by Gasteiger charge is 2.22. The minimum Gasteiger partial charge on any atom is -0.508 e. The maximum atomic E-state index is 10.4. The van der Waals surface area contributed by atoms with E-state index < -0.39 is 24.1 Å². The van der Waals surface area contributed by atoms with Gasteiger partial charge in [0.05, 0.1) is 0 Å². The van der Waals surface area contributed by atoms with Gasteiger partial charge in [0.2, 0.25) is 0 Å². The number of phenolic OH excluding ortho intramolecular Hbond substituents is 1. The lowest BCUT2D eigenvalue weighted by atomic mass is 9.89. The number of benzene rings is 1.